The topological polar surface area (TPSA) is 624 Å². The van der Waals surface area contributed by atoms with E-state index in [2.05, 4.69) is 0 Å². The summed E-state index contributed by atoms with van der Waals surface area (Å²) in [4.78, 5) is 110. The van der Waals surface area contributed by atoms with E-state index < -0.39 is 261 Å². The molecule has 8 aromatic carbocycles. The Morgan fingerprint density at radius 1 is 0.255 bits per heavy atom. The molecule has 0 aromatic heterocycles. The van der Waals surface area contributed by atoms with E-state index in [9.17, 15) is 140 Å². The van der Waals surface area contributed by atoms with Crippen LogP contribution in [0.4, 0.5) is 0 Å². The van der Waals surface area contributed by atoms with E-state index in [1.54, 1.807) is 0 Å². The second-order valence-corrected chi connectivity index (χ2v) is 20.2. The predicted octanol–water partition coefficient (Wildman–Crippen LogP) is 3.87. The van der Waals surface area contributed by atoms with Crippen molar-refractivity contribution < 1.29 is 183 Å². The number of esters is 8. The van der Waals surface area contributed by atoms with Crippen molar-refractivity contribution in [1.82, 2.24) is 0 Å². The number of hydrogen-bond donors (Lipinski definition) is 20. The van der Waals surface area contributed by atoms with Crippen molar-refractivity contribution in [1.29, 1.82) is 0 Å². The molecule has 0 saturated carbocycles. The van der Waals surface area contributed by atoms with Crippen LogP contribution in [0.25, 0.3) is 0 Å². The Morgan fingerprint density at radius 2 is 0.459 bits per heavy atom. The lowest BCUT2D eigenvalue weighted by Gasteiger charge is -2.24. The number of hydrogen-bond acceptors (Lipinski definition) is 37. The summed E-state index contributed by atoms with van der Waals surface area (Å²) in [5.41, 5.74) is -6.62. The molecule has 508 valence electrons. The van der Waals surface area contributed by atoms with E-state index in [-0.39, 0.29) is 0 Å². The first kappa shape index (κ1) is 67.9. The zero-order valence-electron chi connectivity index (χ0n) is 48.1. The number of phenolic OH excluding ortho intramolecular Hbond substituents is 20. The second-order valence-electron chi connectivity index (χ2n) is 20.2. The fourth-order valence-electron chi connectivity index (χ4n) is 8.66. The monoisotopic (exact) mass is 1370 g/mol. The largest absolute Gasteiger partial charge is 0.504 e. The van der Waals surface area contributed by atoms with Crippen molar-refractivity contribution in [3.63, 3.8) is 0 Å². The highest BCUT2D eigenvalue weighted by molar-refractivity contribution is 5.99. The predicted molar refractivity (Wildman–Crippen MR) is 307 cm³/mol. The molecule has 0 aliphatic carbocycles. The van der Waals surface area contributed by atoms with Gasteiger partial charge in [-0.2, -0.15) is 0 Å². The first-order chi connectivity index (χ1) is 46.1. The van der Waals surface area contributed by atoms with Crippen molar-refractivity contribution in [3.8, 4) is 138 Å². The van der Waals surface area contributed by atoms with Crippen LogP contribution in [-0.4, -0.2) is 181 Å². The van der Waals surface area contributed by atoms with Crippen LogP contribution in [0, 0.1) is 0 Å². The number of aromatic hydroxyl groups is 20. The summed E-state index contributed by atoms with van der Waals surface area (Å²) in [5.74, 6) is -40.4. The van der Waals surface area contributed by atoms with Crippen LogP contribution < -0.4 is 18.9 Å². The SMILES string of the molecule is O=C(OC[C@H]1O[C@@H](OC(=O)c2cc(O)c(O)c(OC(=O)c3cc(O)c(O)c(O)c3)c2)[C@H](OC(=O)c2cc(O)c(O)c(OC(=O)c3cc(O)c(O)c(O)c3)c2)[C@@H]1OC(=O)c1cc(O)c(O)c(OC(=O)c2cc(O)c(O)c(O)c2)c1)c1cc(O)c(O)c(OC(=O)c2cc(O)c(O)c(O)c2)c1. The van der Waals surface area contributed by atoms with E-state index >= 15 is 0 Å². The number of rotatable bonds is 17. The highest BCUT2D eigenvalue weighted by atomic mass is 16.8. The van der Waals surface area contributed by atoms with Gasteiger partial charge in [-0.25, -0.2) is 38.4 Å². The molecule has 20 N–H and O–H groups in total. The lowest BCUT2D eigenvalue weighted by atomic mass is 10.1. The Bertz CT molecular complexity index is 4590. The van der Waals surface area contributed by atoms with E-state index in [1.165, 1.54) is 0 Å². The molecule has 9 rings (SSSR count). The Balaban J connectivity index is 1.11. The molecule has 1 heterocycles. The molecule has 4 atom stereocenters. The van der Waals surface area contributed by atoms with Crippen LogP contribution in [0.5, 0.6) is 138 Å². The molecule has 1 fully saturated rings. The van der Waals surface area contributed by atoms with Gasteiger partial charge in [0.15, 0.2) is 121 Å². The number of carbonyl (C=O) groups is 8. The van der Waals surface area contributed by atoms with Crippen molar-refractivity contribution in [2.24, 2.45) is 0 Å². The second kappa shape index (κ2) is 26.6. The molecular formula is C61H42O37. The Hall–Kier alpha value is -14.5. The standard InChI is InChI=1S/C61H42O37/c62-26-1-18(2-27(63)43(26)74)54(83)91-38-13-22(9-34(70)47(38)78)53(82)90-17-42-51(96-58(87)23-10-35(71)48(79)39(14-23)92-55(84)19-3-28(64)44(75)29(65)4-19)52(97-59(88)24-11-36(72)49(80)40(15-24)93-56(85)20-5-30(66)45(76)31(67)6-20)61(95-42)98-60(89)25-12-37(73)50(81)41(16-25)94-57(86)21-7-32(68)46(77)33(69)8-21/h1-16,42,51-52,61-81H,17H2/t42-,51-,52-,61+/m1/s1. The minimum absolute atomic E-state index is 0.438. The van der Waals surface area contributed by atoms with Crippen LogP contribution >= 0.6 is 0 Å². The van der Waals surface area contributed by atoms with E-state index in [0.717, 1.165) is 0 Å². The molecule has 37 heteroatoms. The average molecular weight is 1370 g/mol. The lowest BCUT2D eigenvalue weighted by Crippen LogP contribution is -2.43. The molecule has 98 heavy (non-hydrogen) atoms. The molecule has 1 aliphatic rings. The van der Waals surface area contributed by atoms with Gasteiger partial charge in [0, 0.05) is 0 Å². The molecule has 0 bridgehead atoms. The van der Waals surface area contributed by atoms with Gasteiger partial charge in [0.1, 0.15) is 12.7 Å². The van der Waals surface area contributed by atoms with Gasteiger partial charge in [-0.15, -0.1) is 0 Å². The summed E-state index contributed by atoms with van der Waals surface area (Å²) in [7, 11) is 0. The number of carbonyl (C=O) groups excluding carboxylic acids is 8. The molecule has 1 aliphatic heterocycles. The molecule has 1 saturated heterocycles. The molecule has 37 nitrogen and oxygen atoms in total. The maximum atomic E-state index is 14.5. The van der Waals surface area contributed by atoms with Gasteiger partial charge in [0.25, 0.3) is 0 Å². The van der Waals surface area contributed by atoms with E-state index in [1.807, 2.05) is 0 Å². The van der Waals surface area contributed by atoms with Crippen LogP contribution in [0.15, 0.2) is 97.1 Å². The zero-order chi connectivity index (χ0) is 71.8. The number of phenols is 20. The van der Waals surface area contributed by atoms with Gasteiger partial charge in [0.2, 0.25) is 35.4 Å². The third-order valence-electron chi connectivity index (χ3n) is 13.5. The first-order valence-corrected chi connectivity index (χ1v) is 26.7. The third kappa shape index (κ3) is 14.0. The normalized spacial score (nSPS) is 14.7. The summed E-state index contributed by atoms with van der Waals surface area (Å²) < 4.78 is 48.4. The van der Waals surface area contributed by atoms with E-state index in [4.69, 9.17) is 42.6 Å². The molecule has 0 spiro atoms. The van der Waals surface area contributed by atoms with Gasteiger partial charge >= 0.3 is 47.8 Å². The summed E-state index contributed by atoms with van der Waals surface area (Å²) in [6.45, 7) is -1.37. The molecule has 0 unspecified atom stereocenters. The summed E-state index contributed by atoms with van der Waals surface area (Å²) >= 11 is 0. The minimum Gasteiger partial charge on any atom is -0.504 e. The van der Waals surface area contributed by atoms with Gasteiger partial charge in [0.05, 0.1) is 44.5 Å². The zero-order valence-corrected chi connectivity index (χ0v) is 48.1. The van der Waals surface area contributed by atoms with Crippen LogP contribution in [0.2, 0.25) is 0 Å². The van der Waals surface area contributed by atoms with Crippen LogP contribution in [0.3, 0.4) is 0 Å². The van der Waals surface area contributed by atoms with Gasteiger partial charge in [-0.1, -0.05) is 0 Å². The Morgan fingerprint density at radius 3 is 0.714 bits per heavy atom. The van der Waals surface area contributed by atoms with Crippen molar-refractivity contribution in [2.75, 3.05) is 6.61 Å². The third-order valence-corrected chi connectivity index (χ3v) is 13.5. The smallest absolute Gasteiger partial charge is 0.343 e. The van der Waals surface area contributed by atoms with Crippen molar-refractivity contribution >= 4 is 47.8 Å². The van der Waals surface area contributed by atoms with Gasteiger partial charge in [-0.05, 0) is 97.1 Å². The van der Waals surface area contributed by atoms with Gasteiger partial charge in [-0.3, -0.25) is 0 Å². The number of benzene rings is 8. The number of ether oxygens (including phenoxy) is 9. The highest BCUT2D eigenvalue weighted by Crippen LogP contribution is 2.46. The van der Waals surface area contributed by atoms with Crippen LogP contribution in [-0.2, 0) is 23.7 Å². The Labute approximate surface area is 540 Å². The maximum absolute atomic E-state index is 14.5. The maximum Gasteiger partial charge on any atom is 0.343 e. The minimum atomic E-state index is -2.64. The van der Waals surface area contributed by atoms with Crippen LogP contribution in [0.1, 0.15) is 82.9 Å². The van der Waals surface area contributed by atoms with Crippen molar-refractivity contribution in [3.05, 3.63) is 142 Å². The lowest BCUT2D eigenvalue weighted by molar-refractivity contribution is -0.141. The van der Waals surface area contributed by atoms with E-state index in [0.29, 0.717) is 97.1 Å². The summed E-state index contributed by atoms with van der Waals surface area (Å²) in [6, 6.07) is 8.51. The molecule has 0 amide bonds. The summed E-state index contributed by atoms with van der Waals surface area (Å²) in [5, 5.41) is 205. The quantitative estimate of drug-likeness (QED) is 0.0266. The first-order valence-electron chi connectivity index (χ1n) is 26.7. The fourth-order valence-corrected chi connectivity index (χ4v) is 8.66. The Kier molecular flexibility index (Phi) is 18.4. The fraction of sp³-hybridized carbons (Fsp3) is 0.0820. The summed E-state index contributed by atoms with van der Waals surface area (Å²) in [6.07, 6.45) is -9.99. The van der Waals surface area contributed by atoms with Gasteiger partial charge < -0.3 is 145 Å². The highest BCUT2D eigenvalue weighted by Gasteiger charge is 2.53. The van der Waals surface area contributed by atoms with Crippen molar-refractivity contribution in [2.45, 2.75) is 24.6 Å². The molecule has 0 radical (unpaired) electrons. The average Bonchev–Trinajstić information content (AvgIpc) is 1.62. The molecule has 8 aromatic rings. The molecular weight excluding hydrogens is 1320 g/mol.